The fraction of sp³-hybridized carbons (Fsp3) is 0.115. The fourth-order valence-corrected chi connectivity index (χ4v) is 3.75. The molecule has 5 aromatic rings. The zero-order valence-corrected chi connectivity index (χ0v) is 19.4. The predicted octanol–water partition coefficient (Wildman–Crippen LogP) is 5.79. The van der Waals surface area contributed by atoms with Gasteiger partial charge in [0.1, 0.15) is 11.3 Å². The third-order valence-corrected chi connectivity index (χ3v) is 5.53. The van der Waals surface area contributed by atoms with Crippen LogP contribution in [-0.2, 0) is 6.42 Å². The first kappa shape index (κ1) is 23.9. The number of Topliss-reactive ketones (excluding diaryl/α,β-unsaturated/α-hetero) is 1. The number of ether oxygens (including phenoxy) is 1. The summed E-state index contributed by atoms with van der Waals surface area (Å²) in [5.41, 5.74) is 4.10. The van der Waals surface area contributed by atoms with E-state index >= 15 is 0 Å². The Hall–Kier alpha value is -4.80. The Morgan fingerprint density at radius 2 is 1.86 bits per heavy atom. The van der Waals surface area contributed by atoms with Gasteiger partial charge in [-0.25, -0.2) is 15.0 Å². The molecule has 0 atom stereocenters. The van der Waals surface area contributed by atoms with E-state index < -0.39 is 6.36 Å². The summed E-state index contributed by atoms with van der Waals surface area (Å²) in [7, 11) is 0. The van der Waals surface area contributed by atoms with Gasteiger partial charge in [-0.05, 0) is 48.4 Å². The number of aromatic nitrogens is 5. The molecule has 0 spiro atoms. The number of carbonyl (C=O) groups excluding carboxylic acids is 1. The van der Waals surface area contributed by atoms with Crippen LogP contribution in [0.1, 0.15) is 21.5 Å². The number of alkyl halides is 3. The zero-order valence-electron chi connectivity index (χ0n) is 19.4. The summed E-state index contributed by atoms with van der Waals surface area (Å²) in [6.45, 7) is 1.88. The Balaban J connectivity index is 1.42. The van der Waals surface area contributed by atoms with Crippen LogP contribution >= 0.6 is 0 Å². The molecule has 0 amide bonds. The molecule has 0 bridgehead atoms. The van der Waals surface area contributed by atoms with Crippen molar-refractivity contribution in [3.63, 3.8) is 0 Å². The van der Waals surface area contributed by atoms with Crippen molar-refractivity contribution in [1.82, 2.24) is 24.9 Å². The number of pyridine rings is 1. The van der Waals surface area contributed by atoms with Crippen LogP contribution in [0.2, 0.25) is 0 Å². The van der Waals surface area contributed by atoms with Gasteiger partial charge in [-0.1, -0.05) is 24.3 Å². The van der Waals surface area contributed by atoms with E-state index in [1.54, 1.807) is 48.8 Å². The second kappa shape index (κ2) is 9.69. The number of rotatable bonds is 7. The highest BCUT2D eigenvalue weighted by atomic mass is 19.4. The third kappa shape index (κ3) is 5.56. The van der Waals surface area contributed by atoms with Gasteiger partial charge in [0.05, 0.1) is 6.33 Å². The molecule has 0 aliphatic carbocycles. The maximum atomic E-state index is 13.0. The molecule has 8 nitrogen and oxygen atoms in total. The molecule has 0 saturated heterocycles. The number of ketones is 1. The molecule has 5 rings (SSSR count). The number of nitrogens with one attached hydrogen (secondary N) is 2. The molecule has 0 fully saturated rings. The number of halogens is 3. The minimum absolute atomic E-state index is 0.0952. The number of carbonyl (C=O) groups is 1. The van der Waals surface area contributed by atoms with Gasteiger partial charge in [0.25, 0.3) is 0 Å². The van der Waals surface area contributed by atoms with E-state index in [0.717, 1.165) is 11.1 Å². The molecule has 0 aliphatic rings. The lowest BCUT2D eigenvalue weighted by Crippen LogP contribution is -2.17. The average molecular weight is 504 g/mol. The van der Waals surface area contributed by atoms with Crippen LogP contribution < -0.4 is 10.1 Å². The maximum Gasteiger partial charge on any atom is 0.573 e. The van der Waals surface area contributed by atoms with Crippen LogP contribution in [0.25, 0.3) is 22.6 Å². The third-order valence-electron chi connectivity index (χ3n) is 5.53. The van der Waals surface area contributed by atoms with Crippen LogP contribution in [0.4, 0.5) is 24.7 Å². The Morgan fingerprint density at radius 3 is 2.65 bits per heavy atom. The number of aryl methyl sites for hydroxylation is 1. The van der Waals surface area contributed by atoms with Gasteiger partial charge in [0.15, 0.2) is 23.1 Å². The first-order chi connectivity index (χ1) is 17.7. The quantitative estimate of drug-likeness (QED) is 0.270. The van der Waals surface area contributed by atoms with Crippen LogP contribution in [-0.4, -0.2) is 37.1 Å². The SMILES string of the molecule is Cc1ccc(C(=O)Cc2cccc(OC(F)(F)F)c2)cc1Nc1nc(-c2ccncc2)nc2nc[nH]c12. The molecule has 3 heterocycles. The molecular formula is C26H19F3N6O2. The molecule has 0 saturated carbocycles. The van der Waals surface area contributed by atoms with Crippen molar-refractivity contribution in [2.24, 2.45) is 0 Å². The van der Waals surface area contributed by atoms with Gasteiger partial charge >= 0.3 is 6.36 Å². The number of fused-ring (bicyclic) bond motifs is 1. The van der Waals surface area contributed by atoms with E-state index in [2.05, 4.69) is 35.0 Å². The highest BCUT2D eigenvalue weighted by Gasteiger charge is 2.31. The normalized spacial score (nSPS) is 11.5. The number of hydrogen-bond acceptors (Lipinski definition) is 7. The van der Waals surface area contributed by atoms with Crippen molar-refractivity contribution < 1.29 is 22.7 Å². The van der Waals surface area contributed by atoms with Crippen molar-refractivity contribution in [2.45, 2.75) is 19.7 Å². The molecule has 3 aromatic heterocycles. The molecular weight excluding hydrogens is 485 g/mol. The Kier molecular flexibility index (Phi) is 6.26. The van der Waals surface area contributed by atoms with Crippen molar-refractivity contribution in [1.29, 1.82) is 0 Å². The lowest BCUT2D eigenvalue weighted by Gasteiger charge is -2.13. The van der Waals surface area contributed by atoms with E-state index in [9.17, 15) is 18.0 Å². The van der Waals surface area contributed by atoms with Crippen molar-refractivity contribution in [3.8, 4) is 17.1 Å². The Labute approximate surface area is 208 Å². The van der Waals surface area contributed by atoms with Gasteiger partial charge in [-0.3, -0.25) is 9.78 Å². The van der Waals surface area contributed by atoms with E-state index in [1.165, 1.54) is 24.5 Å². The highest BCUT2D eigenvalue weighted by molar-refractivity contribution is 5.99. The van der Waals surface area contributed by atoms with Crippen LogP contribution in [0.3, 0.4) is 0 Å². The zero-order chi connectivity index (χ0) is 26.0. The van der Waals surface area contributed by atoms with E-state index in [-0.39, 0.29) is 18.0 Å². The van der Waals surface area contributed by atoms with E-state index in [4.69, 9.17) is 0 Å². The predicted molar refractivity (Wildman–Crippen MR) is 131 cm³/mol. The molecule has 0 radical (unpaired) electrons. The number of nitrogens with zero attached hydrogens (tertiary/aromatic N) is 4. The lowest BCUT2D eigenvalue weighted by atomic mass is 10.0. The topological polar surface area (TPSA) is 106 Å². The molecule has 2 N–H and O–H groups in total. The number of hydrogen-bond donors (Lipinski definition) is 2. The number of benzene rings is 2. The largest absolute Gasteiger partial charge is 0.573 e. The van der Waals surface area contributed by atoms with E-state index in [0.29, 0.717) is 39.6 Å². The number of imidazole rings is 1. The molecule has 186 valence electrons. The first-order valence-electron chi connectivity index (χ1n) is 11.1. The summed E-state index contributed by atoms with van der Waals surface area (Å²) in [5.74, 6) is 0.287. The van der Waals surface area contributed by atoms with Gasteiger partial charge in [-0.2, -0.15) is 0 Å². The van der Waals surface area contributed by atoms with Gasteiger partial charge in [-0.15, -0.1) is 13.2 Å². The lowest BCUT2D eigenvalue weighted by molar-refractivity contribution is -0.274. The first-order valence-corrected chi connectivity index (χ1v) is 11.1. The van der Waals surface area contributed by atoms with Crippen molar-refractivity contribution in [2.75, 3.05) is 5.32 Å². The fourth-order valence-electron chi connectivity index (χ4n) is 3.75. The summed E-state index contributed by atoms with van der Waals surface area (Å²) in [4.78, 5) is 33.4. The Morgan fingerprint density at radius 1 is 1.05 bits per heavy atom. The highest BCUT2D eigenvalue weighted by Crippen LogP contribution is 2.28. The molecule has 11 heteroatoms. The monoisotopic (exact) mass is 504 g/mol. The van der Waals surface area contributed by atoms with Crippen molar-refractivity contribution in [3.05, 3.63) is 90.0 Å². The second-order valence-corrected chi connectivity index (χ2v) is 8.18. The average Bonchev–Trinajstić information content (AvgIpc) is 3.34. The minimum Gasteiger partial charge on any atom is -0.406 e. The second-order valence-electron chi connectivity index (χ2n) is 8.18. The standard InChI is InChI=1S/C26H19F3N6O2/c1-15-5-6-18(21(36)12-16-3-2-4-19(11-16)37-26(27,28)29)13-20(15)33-25-22-24(32-14-31-22)34-23(35-25)17-7-9-30-10-8-17/h2-11,13-14H,12H2,1H3,(H2,31,32,33,34,35). The van der Waals surface area contributed by atoms with Crippen LogP contribution in [0, 0.1) is 6.92 Å². The van der Waals surface area contributed by atoms with Gasteiger partial charge < -0.3 is 15.0 Å². The summed E-state index contributed by atoms with van der Waals surface area (Å²) in [5, 5.41) is 3.27. The number of anilines is 2. The number of aromatic amines is 1. The molecule has 2 aromatic carbocycles. The minimum atomic E-state index is -4.81. The van der Waals surface area contributed by atoms with Gasteiger partial charge in [0, 0.05) is 35.6 Å². The number of H-pyrrole nitrogens is 1. The van der Waals surface area contributed by atoms with Gasteiger partial charge in [0.2, 0.25) is 0 Å². The van der Waals surface area contributed by atoms with Crippen LogP contribution in [0.5, 0.6) is 5.75 Å². The molecule has 37 heavy (non-hydrogen) atoms. The van der Waals surface area contributed by atoms with Crippen molar-refractivity contribution >= 4 is 28.5 Å². The van der Waals surface area contributed by atoms with E-state index in [1.807, 2.05) is 6.92 Å². The Bertz CT molecular complexity index is 1580. The molecule has 0 aliphatic heterocycles. The smallest absolute Gasteiger partial charge is 0.406 e. The molecule has 0 unspecified atom stereocenters. The summed E-state index contributed by atoms with van der Waals surface area (Å²) < 4.78 is 41.6. The summed E-state index contributed by atoms with van der Waals surface area (Å²) in [6.07, 6.45) is -0.0970. The van der Waals surface area contributed by atoms with Crippen LogP contribution in [0.15, 0.2) is 73.3 Å². The summed E-state index contributed by atoms with van der Waals surface area (Å²) in [6, 6.07) is 14.1. The maximum absolute atomic E-state index is 13.0. The summed E-state index contributed by atoms with van der Waals surface area (Å²) >= 11 is 0.